The summed E-state index contributed by atoms with van der Waals surface area (Å²) >= 11 is 0. The van der Waals surface area contributed by atoms with Crippen LogP contribution in [-0.4, -0.2) is 33.6 Å². The average Bonchev–Trinajstić information content (AvgIpc) is 2.70. The molecular formula is C20H16N2O4. The second kappa shape index (κ2) is 7.94. The molecule has 3 rings (SSSR count). The predicted molar refractivity (Wildman–Crippen MR) is 96.9 cm³/mol. The van der Waals surface area contributed by atoms with Gasteiger partial charge < -0.3 is 15.1 Å². The number of aromatic carboxylic acids is 1. The summed E-state index contributed by atoms with van der Waals surface area (Å²) in [6.07, 6.45) is 1.35. The van der Waals surface area contributed by atoms with E-state index >= 15 is 0 Å². The summed E-state index contributed by atoms with van der Waals surface area (Å²) in [5, 5.41) is 21.4. The van der Waals surface area contributed by atoms with E-state index in [1.807, 2.05) is 54.6 Å². The molecule has 1 heterocycles. The SMILES string of the molecule is O=C(O)c1ccnc(/C(COc2ccc(-c3ccccc3)cc2)=N/O)c1. The highest BCUT2D eigenvalue weighted by Crippen LogP contribution is 2.22. The van der Waals surface area contributed by atoms with Gasteiger partial charge in [-0.1, -0.05) is 47.6 Å². The summed E-state index contributed by atoms with van der Waals surface area (Å²) in [5.74, 6) is -0.483. The molecule has 2 aromatic carbocycles. The molecule has 6 heteroatoms. The molecule has 130 valence electrons. The molecule has 0 aliphatic heterocycles. The zero-order valence-corrected chi connectivity index (χ0v) is 13.7. The Bertz CT molecular complexity index is 922. The van der Waals surface area contributed by atoms with E-state index in [0.717, 1.165) is 11.1 Å². The number of hydrogen-bond acceptors (Lipinski definition) is 5. The zero-order chi connectivity index (χ0) is 18.4. The van der Waals surface area contributed by atoms with Crippen molar-refractivity contribution >= 4 is 11.7 Å². The van der Waals surface area contributed by atoms with Crippen LogP contribution in [0.25, 0.3) is 11.1 Å². The van der Waals surface area contributed by atoms with E-state index in [2.05, 4.69) is 10.1 Å². The molecular weight excluding hydrogens is 332 g/mol. The highest BCUT2D eigenvalue weighted by atomic mass is 16.5. The lowest BCUT2D eigenvalue weighted by atomic mass is 10.1. The lowest BCUT2D eigenvalue weighted by molar-refractivity contribution is 0.0696. The van der Waals surface area contributed by atoms with Gasteiger partial charge in [-0.3, -0.25) is 4.98 Å². The van der Waals surface area contributed by atoms with E-state index in [0.29, 0.717) is 5.75 Å². The number of carbonyl (C=O) groups is 1. The first-order chi connectivity index (χ1) is 12.7. The number of aromatic nitrogens is 1. The Hall–Kier alpha value is -3.67. The fourth-order valence-corrected chi connectivity index (χ4v) is 2.40. The quantitative estimate of drug-likeness (QED) is 0.402. The molecule has 26 heavy (non-hydrogen) atoms. The van der Waals surface area contributed by atoms with Gasteiger partial charge in [-0.05, 0) is 35.4 Å². The van der Waals surface area contributed by atoms with E-state index in [1.165, 1.54) is 18.3 Å². The summed E-state index contributed by atoms with van der Waals surface area (Å²) in [6.45, 7) is -0.0444. The summed E-state index contributed by atoms with van der Waals surface area (Å²) in [5.41, 5.74) is 2.60. The maximum Gasteiger partial charge on any atom is 0.335 e. The Morgan fingerprint density at radius 2 is 1.69 bits per heavy atom. The number of pyridine rings is 1. The van der Waals surface area contributed by atoms with Crippen LogP contribution in [0.3, 0.4) is 0 Å². The highest BCUT2D eigenvalue weighted by Gasteiger charge is 2.11. The van der Waals surface area contributed by atoms with Gasteiger partial charge in [0, 0.05) is 6.20 Å². The number of hydrogen-bond donors (Lipinski definition) is 2. The van der Waals surface area contributed by atoms with Gasteiger partial charge in [0.25, 0.3) is 0 Å². The van der Waals surface area contributed by atoms with Gasteiger partial charge in [-0.25, -0.2) is 4.79 Å². The van der Waals surface area contributed by atoms with Gasteiger partial charge in [-0.2, -0.15) is 0 Å². The standard InChI is InChI=1S/C20H16N2O4/c23-20(24)16-10-11-21-18(12-16)19(22-25)13-26-17-8-6-15(7-9-17)14-4-2-1-3-5-14/h1-12,25H,13H2,(H,23,24)/b22-19+. The van der Waals surface area contributed by atoms with Gasteiger partial charge in [0.05, 0.1) is 11.3 Å². The third-order valence-corrected chi connectivity index (χ3v) is 3.76. The molecule has 0 radical (unpaired) electrons. The number of carboxylic acids is 1. The molecule has 0 spiro atoms. The van der Waals surface area contributed by atoms with Gasteiger partial charge in [-0.15, -0.1) is 0 Å². The van der Waals surface area contributed by atoms with Crippen LogP contribution in [-0.2, 0) is 0 Å². The number of oxime groups is 1. The fourth-order valence-electron chi connectivity index (χ4n) is 2.40. The van der Waals surface area contributed by atoms with Crippen LogP contribution >= 0.6 is 0 Å². The number of ether oxygens (including phenoxy) is 1. The number of rotatable bonds is 6. The minimum Gasteiger partial charge on any atom is -0.487 e. The van der Waals surface area contributed by atoms with E-state index in [9.17, 15) is 10.0 Å². The molecule has 0 aliphatic rings. The van der Waals surface area contributed by atoms with Crippen molar-refractivity contribution in [3.05, 3.63) is 84.2 Å². The largest absolute Gasteiger partial charge is 0.487 e. The minimum absolute atomic E-state index is 0.0444. The molecule has 0 saturated heterocycles. The van der Waals surface area contributed by atoms with Gasteiger partial charge in [0.1, 0.15) is 18.1 Å². The molecule has 1 aromatic heterocycles. The van der Waals surface area contributed by atoms with Crippen molar-refractivity contribution in [1.29, 1.82) is 0 Å². The number of carboxylic acid groups (broad SMARTS) is 1. The van der Waals surface area contributed by atoms with Crippen LogP contribution in [0.4, 0.5) is 0 Å². The Kier molecular flexibility index (Phi) is 5.24. The van der Waals surface area contributed by atoms with E-state index in [4.69, 9.17) is 9.84 Å². The van der Waals surface area contributed by atoms with Gasteiger partial charge in [0.15, 0.2) is 0 Å². The van der Waals surface area contributed by atoms with Crippen LogP contribution < -0.4 is 4.74 Å². The molecule has 0 atom stereocenters. The van der Waals surface area contributed by atoms with Crippen LogP contribution in [0.15, 0.2) is 78.1 Å². The maximum atomic E-state index is 11.0. The average molecular weight is 348 g/mol. The van der Waals surface area contributed by atoms with Crippen molar-refractivity contribution in [3.63, 3.8) is 0 Å². The first kappa shape index (κ1) is 17.2. The Balaban J connectivity index is 1.69. The first-order valence-electron chi connectivity index (χ1n) is 7.86. The molecule has 0 saturated carbocycles. The maximum absolute atomic E-state index is 11.0. The lowest BCUT2D eigenvalue weighted by Gasteiger charge is -2.09. The second-order valence-electron chi connectivity index (χ2n) is 5.46. The van der Waals surface area contributed by atoms with E-state index in [1.54, 1.807) is 0 Å². The Morgan fingerprint density at radius 3 is 2.35 bits per heavy atom. The van der Waals surface area contributed by atoms with Crippen LogP contribution in [0, 0.1) is 0 Å². The van der Waals surface area contributed by atoms with Crippen LogP contribution in [0.2, 0.25) is 0 Å². The monoisotopic (exact) mass is 348 g/mol. The Morgan fingerprint density at radius 1 is 1.00 bits per heavy atom. The Labute approximate surface area is 150 Å². The molecule has 0 unspecified atom stereocenters. The second-order valence-corrected chi connectivity index (χ2v) is 5.46. The van der Waals surface area contributed by atoms with Gasteiger partial charge >= 0.3 is 5.97 Å². The van der Waals surface area contributed by atoms with Crippen LogP contribution in [0.5, 0.6) is 5.75 Å². The first-order valence-corrected chi connectivity index (χ1v) is 7.86. The van der Waals surface area contributed by atoms with Crippen molar-refractivity contribution in [2.75, 3.05) is 6.61 Å². The summed E-state index contributed by atoms with van der Waals surface area (Å²) in [4.78, 5) is 15.1. The zero-order valence-electron chi connectivity index (χ0n) is 13.7. The number of nitrogens with zero attached hydrogens (tertiary/aromatic N) is 2. The smallest absolute Gasteiger partial charge is 0.335 e. The van der Waals surface area contributed by atoms with Crippen molar-refractivity contribution < 1.29 is 19.8 Å². The van der Waals surface area contributed by atoms with Gasteiger partial charge in [0.2, 0.25) is 0 Å². The summed E-state index contributed by atoms with van der Waals surface area (Å²) in [7, 11) is 0. The topological polar surface area (TPSA) is 92.0 Å². The lowest BCUT2D eigenvalue weighted by Crippen LogP contribution is -2.15. The van der Waals surface area contributed by atoms with E-state index in [-0.39, 0.29) is 23.6 Å². The molecule has 6 nitrogen and oxygen atoms in total. The van der Waals surface area contributed by atoms with E-state index < -0.39 is 5.97 Å². The van der Waals surface area contributed by atoms with Crippen molar-refractivity contribution in [1.82, 2.24) is 4.98 Å². The number of benzene rings is 2. The normalized spacial score (nSPS) is 11.2. The molecule has 3 aromatic rings. The predicted octanol–water partition coefficient (Wildman–Crippen LogP) is 3.70. The minimum atomic E-state index is -1.08. The molecule has 0 amide bonds. The molecule has 2 N–H and O–H groups in total. The third-order valence-electron chi connectivity index (χ3n) is 3.76. The summed E-state index contributed by atoms with van der Waals surface area (Å²) in [6, 6.07) is 20.2. The highest BCUT2D eigenvalue weighted by molar-refractivity contribution is 6.01. The molecule has 0 fully saturated rings. The van der Waals surface area contributed by atoms with Crippen molar-refractivity contribution in [2.45, 2.75) is 0 Å². The van der Waals surface area contributed by atoms with Crippen molar-refractivity contribution in [2.24, 2.45) is 5.16 Å². The van der Waals surface area contributed by atoms with Crippen LogP contribution in [0.1, 0.15) is 16.1 Å². The molecule has 0 bridgehead atoms. The fraction of sp³-hybridized carbons (Fsp3) is 0.0500. The molecule has 0 aliphatic carbocycles. The van der Waals surface area contributed by atoms with Crippen molar-refractivity contribution in [3.8, 4) is 16.9 Å². The summed E-state index contributed by atoms with van der Waals surface area (Å²) < 4.78 is 5.63. The third kappa shape index (κ3) is 4.05.